The third kappa shape index (κ3) is 20.9. The van der Waals surface area contributed by atoms with Gasteiger partial charge in [0.25, 0.3) is 0 Å². The van der Waals surface area contributed by atoms with Crippen molar-refractivity contribution < 1.29 is 122 Å². The molecule has 6 rings (SSSR count). The average Bonchev–Trinajstić information content (AvgIpc) is 0.787. The smallest absolute Gasteiger partial charge is 0.311 e. The molecule has 0 radical (unpaired) electrons. The molecule has 0 spiro atoms. The van der Waals surface area contributed by atoms with Gasteiger partial charge in [-0.15, -0.1) is 0 Å². The van der Waals surface area contributed by atoms with Crippen LogP contribution in [0.4, 0.5) is 0 Å². The number of carbonyl (C=O) groups excluding carboxylic acids is 4. The SMILES string of the molecule is CCC1OC(=O)C(C)C(OC2CC(C)(OC)C(O)C(C)O2)C(C)C(OC2OC(C)CC(N(C)C)C2O)C(C)(O)CC(C)C(=O)CC(O)C1(C)O.CCC1OC(=O)C(C)C(OC2CC(C)(OC)C(O)C(C)O2)C(C)C(OC2OC(C)CC(N(C)C)C2O)C(C)(O)CC(C)C(=O)CC(O)C1C. The van der Waals surface area contributed by atoms with Crippen LogP contribution in [-0.4, -0.2) is 285 Å². The van der Waals surface area contributed by atoms with Crippen molar-refractivity contribution in [2.75, 3.05) is 42.4 Å². The molecule has 0 bridgehead atoms. The molecule has 0 aromatic heterocycles. The largest absolute Gasteiger partial charge is 0.462 e. The van der Waals surface area contributed by atoms with Crippen molar-refractivity contribution in [3.8, 4) is 0 Å². The number of hydrogen-bond donors (Lipinski definition) is 9. The quantitative estimate of drug-likeness (QED) is 0.111. The minimum atomic E-state index is -1.97. The van der Waals surface area contributed by atoms with Crippen LogP contribution in [0.2, 0.25) is 0 Å². The van der Waals surface area contributed by atoms with E-state index in [9.17, 15) is 65.1 Å². The number of ether oxygens (including phenoxy) is 12. The van der Waals surface area contributed by atoms with Crippen LogP contribution in [0.1, 0.15) is 189 Å². The summed E-state index contributed by atoms with van der Waals surface area (Å²) in [7, 11) is 10.4. The number of Topliss-reactive ketones (excluding diaryl/α,β-unsaturated/α-hetero) is 2. The van der Waals surface area contributed by atoms with Crippen molar-refractivity contribution in [1.82, 2.24) is 9.80 Å². The maximum absolute atomic E-state index is 14.0. The van der Waals surface area contributed by atoms with Gasteiger partial charge in [-0.1, -0.05) is 48.5 Å². The Morgan fingerprint density at radius 1 is 0.495 bits per heavy atom. The Kier molecular flexibility index (Phi) is 31.4. The van der Waals surface area contributed by atoms with Gasteiger partial charge < -0.3 is 113 Å². The number of ketones is 2. The first-order chi connectivity index (χ1) is 45.7. The molecule has 34 atom stereocenters. The zero-order chi connectivity index (χ0) is 75.3. The Balaban J connectivity index is 0.000000357. The summed E-state index contributed by atoms with van der Waals surface area (Å²) in [4.78, 5) is 58.6. The molecule has 27 heteroatoms. The Bertz CT molecular complexity index is 2560. The topological polar surface area (TPSA) is 368 Å². The van der Waals surface area contributed by atoms with Gasteiger partial charge in [0.15, 0.2) is 25.2 Å². The number of likely N-dealkylation sites (N-methyl/N-ethyl adjacent to an activating group) is 2. The number of aliphatic hydroxyl groups is 9. The van der Waals surface area contributed by atoms with E-state index in [0.717, 1.165) is 0 Å². The van der Waals surface area contributed by atoms with Gasteiger partial charge in [0.1, 0.15) is 53.8 Å². The van der Waals surface area contributed by atoms with Gasteiger partial charge in [-0.3, -0.25) is 19.2 Å². The highest BCUT2D eigenvalue weighted by Crippen LogP contribution is 2.44. The molecule has 0 amide bonds. The predicted octanol–water partition coefficient (Wildman–Crippen LogP) is 3.96. The third-order valence-corrected chi connectivity index (χ3v) is 22.8. The molecule has 6 aliphatic heterocycles. The van der Waals surface area contributed by atoms with Crippen molar-refractivity contribution in [1.29, 1.82) is 0 Å². The summed E-state index contributed by atoms with van der Waals surface area (Å²) < 4.78 is 74.1. The van der Waals surface area contributed by atoms with Crippen molar-refractivity contribution in [2.24, 2.45) is 41.4 Å². The van der Waals surface area contributed by atoms with Gasteiger partial charge in [0, 0.05) is 81.6 Å². The zero-order valence-electron chi connectivity index (χ0n) is 63.8. The average molecular weight is 1420 g/mol. The fraction of sp³-hybridized carbons (Fsp3) is 0.944. The van der Waals surface area contributed by atoms with Crippen molar-refractivity contribution in [3.63, 3.8) is 0 Å². The molecular weight excluding hydrogens is 1290 g/mol. The molecule has 27 nitrogen and oxygen atoms in total. The fourth-order valence-electron chi connectivity index (χ4n) is 15.9. The number of rotatable bonds is 14. The van der Waals surface area contributed by atoms with Crippen LogP contribution in [-0.2, 0) is 76.0 Å². The van der Waals surface area contributed by atoms with Gasteiger partial charge in [-0.2, -0.15) is 0 Å². The first-order valence-electron chi connectivity index (χ1n) is 36.1. The molecule has 0 aromatic rings. The second-order valence-corrected chi connectivity index (χ2v) is 31.8. The number of hydrogen-bond acceptors (Lipinski definition) is 27. The first-order valence-corrected chi connectivity index (χ1v) is 36.1. The lowest BCUT2D eigenvalue weighted by atomic mass is 9.76. The lowest BCUT2D eigenvalue weighted by molar-refractivity contribution is -0.318. The minimum Gasteiger partial charge on any atom is -0.462 e. The van der Waals surface area contributed by atoms with Gasteiger partial charge >= 0.3 is 11.9 Å². The number of carbonyl (C=O) groups is 4. The van der Waals surface area contributed by atoms with E-state index >= 15 is 0 Å². The van der Waals surface area contributed by atoms with Crippen LogP contribution in [0.3, 0.4) is 0 Å². The van der Waals surface area contributed by atoms with Crippen LogP contribution >= 0.6 is 0 Å². The molecule has 99 heavy (non-hydrogen) atoms. The summed E-state index contributed by atoms with van der Waals surface area (Å²) in [5.74, 6) is -7.60. The van der Waals surface area contributed by atoms with E-state index in [-0.39, 0.29) is 68.6 Å². The van der Waals surface area contributed by atoms with E-state index < -0.39 is 204 Å². The summed E-state index contributed by atoms with van der Waals surface area (Å²) in [6.07, 6.45) is -18.0. The fourth-order valence-corrected chi connectivity index (χ4v) is 15.9. The summed E-state index contributed by atoms with van der Waals surface area (Å²) in [6.45, 7) is 30.5. The number of cyclic esters (lactones) is 2. The van der Waals surface area contributed by atoms with Gasteiger partial charge in [-0.25, -0.2) is 0 Å². The standard InChI is InChI=1S/C36H65NO13.C36H65NO12/c1-13-26-36(9,44)25(39)15-24(38)18(2)16-34(7,43)31(50-33-28(40)23(37(10)11)14-19(3)46-33)20(4)29(21(5)32(42)48-26)49-27-17-35(8,45-12)30(41)22(6)47-27;1-13-27-20(4)26(39)15-25(38)18(2)16-35(8,43)32(49-34-29(40)24(37(10)11)14-19(3)45-34)21(5)30(22(6)33(42)47-27)48-28-17-36(9,44-12)31(41)23(7)46-28/h18-23,25-31,33,39-41,43-44H,13-17H2,1-12H3;18-24,26-32,34,39-41,43H,13-17H2,1-12H3. The number of methoxy groups -OCH3 is 2. The van der Waals surface area contributed by atoms with Gasteiger partial charge in [0.05, 0.1) is 95.3 Å². The Hall–Kier alpha value is -2.56. The minimum absolute atomic E-state index is 0.0366. The summed E-state index contributed by atoms with van der Waals surface area (Å²) in [5, 5.41) is 103. The molecule has 0 aromatic carbocycles. The van der Waals surface area contributed by atoms with Gasteiger partial charge in [-0.05, 0) is 143 Å². The summed E-state index contributed by atoms with van der Waals surface area (Å²) in [6, 6.07) is -0.613. The van der Waals surface area contributed by atoms with Crippen molar-refractivity contribution in [2.45, 2.75) is 352 Å². The van der Waals surface area contributed by atoms with Crippen molar-refractivity contribution in [3.05, 3.63) is 0 Å². The highest BCUT2D eigenvalue weighted by Gasteiger charge is 2.56. The van der Waals surface area contributed by atoms with E-state index in [4.69, 9.17) is 56.8 Å². The predicted molar refractivity (Wildman–Crippen MR) is 362 cm³/mol. The first kappa shape index (κ1) is 87.1. The molecule has 6 saturated heterocycles. The van der Waals surface area contributed by atoms with E-state index in [2.05, 4.69) is 0 Å². The maximum Gasteiger partial charge on any atom is 0.311 e. The van der Waals surface area contributed by atoms with Crippen molar-refractivity contribution >= 4 is 23.5 Å². The Morgan fingerprint density at radius 2 is 0.869 bits per heavy atom. The van der Waals surface area contributed by atoms with Crippen LogP contribution in [0.25, 0.3) is 0 Å². The highest BCUT2D eigenvalue weighted by molar-refractivity contribution is 5.82. The lowest BCUT2D eigenvalue weighted by Gasteiger charge is -2.49. The van der Waals surface area contributed by atoms with E-state index in [1.54, 1.807) is 90.0 Å². The van der Waals surface area contributed by atoms with Crippen LogP contribution in [0.5, 0.6) is 0 Å². The Labute approximate surface area is 588 Å². The highest BCUT2D eigenvalue weighted by atomic mass is 16.7. The molecule has 578 valence electrons. The molecule has 6 heterocycles. The molecule has 34 unspecified atom stereocenters. The molecule has 0 saturated carbocycles. The third-order valence-electron chi connectivity index (χ3n) is 22.8. The van der Waals surface area contributed by atoms with E-state index in [1.165, 1.54) is 28.1 Å². The molecule has 0 aliphatic carbocycles. The lowest BCUT2D eigenvalue weighted by Crippen LogP contribution is -2.61. The van der Waals surface area contributed by atoms with Crippen LogP contribution in [0.15, 0.2) is 0 Å². The van der Waals surface area contributed by atoms with Crippen LogP contribution in [0, 0.1) is 41.4 Å². The Morgan fingerprint density at radius 3 is 1.22 bits per heavy atom. The normalized spacial score (nSPS) is 48.6. The molecular formula is C72H130N2O25. The maximum atomic E-state index is 14.0. The van der Waals surface area contributed by atoms with Crippen LogP contribution < -0.4 is 0 Å². The second kappa shape index (κ2) is 35.7. The molecule has 9 N–H and O–H groups in total. The number of nitrogens with zero attached hydrogens (tertiary/aromatic N) is 2. The number of aliphatic hydroxyl groups excluding tert-OH is 6. The molecule has 6 fully saturated rings. The second-order valence-electron chi connectivity index (χ2n) is 31.8. The zero-order valence-corrected chi connectivity index (χ0v) is 63.8. The van der Waals surface area contributed by atoms with Gasteiger partial charge in [0.2, 0.25) is 0 Å². The summed E-state index contributed by atoms with van der Waals surface area (Å²) in [5.41, 5.74) is -7.51. The molecule has 6 aliphatic rings. The number of esters is 2. The van der Waals surface area contributed by atoms with E-state index in [0.29, 0.717) is 19.3 Å². The van der Waals surface area contributed by atoms with E-state index in [1.807, 2.05) is 58.8 Å². The monoisotopic (exact) mass is 1420 g/mol. The summed E-state index contributed by atoms with van der Waals surface area (Å²) >= 11 is 0.